The van der Waals surface area contributed by atoms with Crippen LogP contribution in [0.1, 0.15) is 32.1 Å². The number of carbonyl (C=O) groups is 1. The highest BCUT2D eigenvalue weighted by molar-refractivity contribution is 5.98. The van der Waals surface area contributed by atoms with E-state index in [1.54, 1.807) is 0 Å². The summed E-state index contributed by atoms with van der Waals surface area (Å²) in [5, 5.41) is 32.2. The Kier molecular flexibility index (Phi) is 4.08. The van der Waals surface area contributed by atoms with Crippen LogP contribution >= 0.6 is 0 Å². The molecule has 110 valence electrons. The summed E-state index contributed by atoms with van der Waals surface area (Å²) in [6.45, 7) is 0. The first-order valence-corrected chi connectivity index (χ1v) is 6.69. The van der Waals surface area contributed by atoms with Gasteiger partial charge in [-0.25, -0.2) is 0 Å². The fourth-order valence-electron chi connectivity index (χ4n) is 2.53. The van der Waals surface area contributed by atoms with Gasteiger partial charge in [0.05, 0.1) is 22.7 Å². The summed E-state index contributed by atoms with van der Waals surface area (Å²) < 4.78 is 0. The molecule has 0 aliphatic heterocycles. The predicted molar refractivity (Wildman–Crippen MR) is 74.5 cm³/mol. The Morgan fingerprint density at radius 1 is 1.38 bits per heavy atom. The molecule has 1 saturated carbocycles. The molecule has 1 aliphatic carbocycles. The van der Waals surface area contributed by atoms with E-state index < -0.39 is 16.2 Å². The highest BCUT2D eigenvalue weighted by atomic mass is 16.6. The van der Waals surface area contributed by atoms with Crippen molar-refractivity contribution in [1.82, 2.24) is 0 Å². The summed E-state index contributed by atoms with van der Waals surface area (Å²) in [5.74, 6) is -0.852. The number of benzene rings is 1. The molecule has 2 N–H and O–H groups in total. The van der Waals surface area contributed by atoms with Gasteiger partial charge >= 0.3 is 0 Å². The number of non-ortho nitro benzene ring substituents is 1. The lowest BCUT2D eigenvalue weighted by atomic mass is 9.74. The first kappa shape index (κ1) is 14.8. The molecule has 7 nitrogen and oxygen atoms in total. The minimum absolute atomic E-state index is 0.0748. The van der Waals surface area contributed by atoms with Gasteiger partial charge in [-0.1, -0.05) is 19.3 Å². The number of nitriles is 1. The molecule has 21 heavy (non-hydrogen) atoms. The Morgan fingerprint density at radius 3 is 2.57 bits per heavy atom. The topological polar surface area (TPSA) is 116 Å². The van der Waals surface area contributed by atoms with Crippen LogP contribution in [0.25, 0.3) is 0 Å². The Morgan fingerprint density at radius 2 is 2.05 bits per heavy atom. The van der Waals surface area contributed by atoms with Crippen molar-refractivity contribution in [3.05, 3.63) is 28.3 Å². The lowest BCUT2D eigenvalue weighted by Crippen LogP contribution is -2.36. The molecular weight excluding hydrogens is 274 g/mol. The van der Waals surface area contributed by atoms with Crippen LogP contribution in [0.15, 0.2) is 18.2 Å². The molecule has 0 bridgehead atoms. The number of phenolic OH excluding ortho intramolecular Hbond substituents is 1. The molecule has 0 atom stereocenters. The fraction of sp³-hybridized carbons (Fsp3) is 0.429. The molecule has 0 saturated heterocycles. The zero-order valence-corrected chi connectivity index (χ0v) is 11.3. The Bertz CT molecular complexity index is 615. The fourth-order valence-corrected chi connectivity index (χ4v) is 2.53. The van der Waals surface area contributed by atoms with E-state index in [0.717, 1.165) is 25.3 Å². The third kappa shape index (κ3) is 2.94. The van der Waals surface area contributed by atoms with E-state index in [9.17, 15) is 25.3 Å². The molecule has 1 aliphatic rings. The van der Waals surface area contributed by atoms with Gasteiger partial charge in [0.15, 0.2) is 0 Å². The Hall–Kier alpha value is -2.62. The van der Waals surface area contributed by atoms with E-state index in [0.29, 0.717) is 12.8 Å². The van der Waals surface area contributed by atoms with E-state index in [1.165, 1.54) is 12.1 Å². The first-order chi connectivity index (χ1) is 9.98. The Labute approximate surface area is 121 Å². The minimum Gasteiger partial charge on any atom is -0.506 e. The number of hydrogen-bond donors (Lipinski definition) is 2. The number of aromatic hydroxyl groups is 1. The molecule has 0 heterocycles. The van der Waals surface area contributed by atoms with Crippen LogP contribution in [-0.4, -0.2) is 15.9 Å². The number of hydrogen-bond acceptors (Lipinski definition) is 5. The van der Waals surface area contributed by atoms with Crippen LogP contribution in [0.4, 0.5) is 11.4 Å². The summed E-state index contributed by atoms with van der Waals surface area (Å²) in [7, 11) is 0. The number of amides is 1. The van der Waals surface area contributed by atoms with Crippen molar-refractivity contribution >= 4 is 17.3 Å². The van der Waals surface area contributed by atoms with E-state index in [1.807, 2.05) is 0 Å². The quantitative estimate of drug-likeness (QED) is 0.504. The summed E-state index contributed by atoms with van der Waals surface area (Å²) in [6, 6.07) is 5.51. The molecule has 7 heteroatoms. The lowest BCUT2D eigenvalue weighted by Gasteiger charge is -2.29. The van der Waals surface area contributed by atoms with Gasteiger partial charge in [0.25, 0.3) is 5.69 Å². The predicted octanol–water partition coefficient (Wildman–Crippen LogP) is 2.71. The standard InChI is InChI=1S/C14H15N3O4/c15-9-14(6-2-1-3-7-14)13(19)16-11-5-4-10(17(20)21)8-12(11)18/h4-5,8,18H,1-3,6-7H2,(H,16,19). The molecule has 0 aromatic heterocycles. The van der Waals surface area contributed by atoms with Crippen LogP contribution in [0.5, 0.6) is 5.75 Å². The van der Waals surface area contributed by atoms with Crippen molar-refractivity contribution in [2.75, 3.05) is 5.32 Å². The van der Waals surface area contributed by atoms with Gasteiger partial charge in [-0.2, -0.15) is 5.26 Å². The zero-order chi connectivity index (χ0) is 15.5. The molecule has 1 fully saturated rings. The van der Waals surface area contributed by atoms with E-state index >= 15 is 0 Å². The maximum atomic E-state index is 12.3. The normalized spacial score (nSPS) is 16.7. The number of nitro benzene ring substituents is 1. The summed E-state index contributed by atoms with van der Waals surface area (Å²) >= 11 is 0. The second-order valence-corrected chi connectivity index (χ2v) is 5.17. The number of nitrogens with one attached hydrogen (secondary N) is 1. The summed E-state index contributed by atoms with van der Waals surface area (Å²) in [4.78, 5) is 22.3. The van der Waals surface area contributed by atoms with Crippen molar-refractivity contribution in [2.24, 2.45) is 5.41 Å². The van der Waals surface area contributed by atoms with Crippen LogP contribution in [-0.2, 0) is 4.79 Å². The average Bonchev–Trinajstić information content (AvgIpc) is 2.49. The summed E-state index contributed by atoms with van der Waals surface area (Å²) in [6.07, 6.45) is 3.60. The largest absolute Gasteiger partial charge is 0.506 e. The van der Waals surface area contributed by atoms with E-state index in [-0.39, 0.29) is 17.1 Å². The SMILES string of the molecule is N#CC1(C(=O)Nc2ccc([N+](=O)[O-])cc2O)CCCCC1. The number of phenols is 1. The van der Waals surface area contributed by atoms with Crippen LogP contribution in [0.3, 0.4) is 0 Å². The van der Waals surface area contributed by atoms with Crippen molar-refractivity contribution in [3.63, 3.8) is 0 Å². The van der Waals surface area contributed by atoms with Gasteiger partial charge in [0.1, 0.15) is 11.2 Å². The van der Waals surface area contributed by atoms with Crippen molar-refractivity contribution in [2.45, 2.75) is 32.1 Å². The molecule has 1 amide bonds. The van der Waals surface area contributed by atoms with E-state index in [4.69, 9.17) is 0 Å². The van der Waals surface area contributed by atoms with E-state index in [2.05, 4.69) is 11.4 Å². The van der Waals surface area contributed by atoms with Gasteiger partial charge in [-0.15, -0.1) is 0 Å². The van der Waals surface area contributed by atoms with Gasteiger partial charge < -0.3 is 10.4 Å². The zero-order valence-electron chi connectivity index (χ0n) is 11.3. The average molecular weight is 289 g/mol. The molecule has 0 spiro atoms. The van der Waals surface area contributed by atoms with Gasteiger partial charge in [0, 0.05) is 6.07 Å². The third-order valence-electron chi connectivity index (χ3n) is 3.80. The van der Waals surface area contributed by atoms with Crippen molar-refractivity contribution < 1.29 is 14.8 Å². The summed E-state index contributed by atoms with van der Waals surface area (Å²) in [5.41, 5.74) is -1.27. The maximum Gasteiger partial charge on any atom is 0.273 e. The molecule has 1 aromatic rings. The molecule has 0 unspecified atom stereocenters. The minimum atomic E-state index is -1.08. The van der Waals surface area contributed by atoms with Crippen molar-refractivity contribution in [3.8, 4) is 11.8 Å². The van der Waals surface area contributed by atoms with Gasteiger partial charge in [0.2, 0.25) is 5.91 Å². The molecule has 2 rings (SSSR count). The third-order valence-corrected chi connectivity index (χ3v) is 3.80. The second-order valence-electron chi connectivity index (χ2n) is 5.17. The number of carbonyl (C=O) groups excluding carboxylic acids is 1. The molecular formula is C14H15N3O4. The number of nitrogens with zero attached hydrogens (tertiary/aromatic N) is 2. The van der Waals surface area contributed by atoms with Crippen molar-refractivity contribution in [1.29, 1.82) is 5.26 Å². The number of nitro groups is 1. The smallest absolute Gasteiger partial charge is 0.273 e. The Balaban J connectivity index is 2.19. The number of anilines is 1. The lowest BCUT2D eigenvalue weighted by molar-refractivity contribution is -0.384. The first-order valence-electron chi connectivity index (χ1n) is 6.69. The highest BCUT2D eigenvalue weighted by Gasteiger charge is 2.40. The highest BCUT2D eigenvalue weighted by Crippen LogP contribution is 2.38. The van der Waals surface area contributed by atoms with Crippen LogP contribution < -0.4 is 5.32 Å². The maximum absolute atomic E-state index is 12.3. The van der Waals surface area contributed by atoms with Crippen LogP contribution in [0, 0.1) is 26.9 Å². The monoisotopic (exact) mass is 289 g/mol. The van der Waals surface area contributed by atoms with Gasteiger partial charge in [-0.05, 0) is 18.9 Å². The van der Waals surface area contributed by atoms with Gasteiger partial charge in [-0.3, -0.25) is 14.9 Å². The van der Waals surface area contributed by atoms with Crippen LogP contribution in [0.2, 0.25) is 0 Å². The molecule has 0 radical (unpaired) electrons. The second kappa shape index (κ2) is 5.79. The number of rotatable bonds is 3. The molecule has 1 aromatic carbocycles.